The van der Waals surface area contributed by atoms with Gasteiger partial charge in [-0.05, 0) is 37.6 Å². The topological polar surface area (TPSA) is 3.24 Å². The summed E-state index contributed by atoms with van der Waals surface area (Å²) >= 11 is 0. The Morgan fingerprint density at radius 2 is 1.05 bits per heavy atom. The third-order valence-electron chi connectivity index (χ3n) is 4.95. The van der Waals surface area contributed by atoms with Crippen LogP contribution in [0.25, 0.3) is 0 Å². The molecule has 0 heterocycles. The molecular weight excluding hydrogens is 254 g/mol. The van der Waals surface area contributed by atoms with Gasteiger partial charge < -0.3 is 4.90 Å². The van der Waals surface area contributed by atoms with E-state index < -0.39 is 0 Å². The highest BCUT2D eigenvalue weighted by Crippen LogP contribution is 2.19. The van der Waals surface area contributed by atoms with Crippen LogP contribution in [0.4, 0.5) is 0 Å². The predicted octanol–water partition coefficient (Wildman–Crippen LogP) is 6.52. The molecule has 2 unspecified atom stereocenters. The van der Waals surface area contributed by atoms with Crippen molar-refractivity contribution in [3.63, 3.8) is 0 Å². The van der Waals surface area contributed by atoms with Crippen molar-refractivity contribution in [3.05, 3.63) is 0 Å². The van der Waals surface area contributed by atoms with Gasteiger partial charge in [0.2, 0.25) is 0 Å². The van der Waals surface area contributed by atoms with Gasteiger partial charge in [-0.1, -0.05) is 79.6 Å². The summed E-state index contributed by atoms with van der Waals surface area (Å²) in [6.07, 6.45) is 13.8. The largest absolute Gasteiger partial charge is 0.303 e. The highest BCUT2D eigenvalue weighted by molar-refractivity contribution is 4.70. The van der Waals surface area contributed by atoms with Gasteiger partial charge in [-0.15, -0.1) is 0 Å². The lowest BCUT2D eigenvalue weighted by Crippen LogP contribution is -2.34. The SMILES string of the molecule is CCCCC(CC)CN(CCCC)CC(CC)CCCC. The van der Waals surface area contributed by atoms with Gasteiger partial charge >= 0.3 is 0 Å². The maximum Gasteiger partial charge on any atom is 0.000967 e. The first-order valence-corrected chi connectivity index (χ1v) is 9.93. The fraction of sp³-hybridized carbons (Fsp3) is 1.00. The summed E-state index contributed by atoms with van der Waals surface area (Å²) in [6, 6.07) is 0. The van der Waals surface area contributed by atoms with Gasteiger partial charge in [0.15, 0.2) is 0 Å². The van der Waals surface area contributed by atoms with E-state index in [2.05, 4.69) is 39.5 Å². The van der Waals surface area contributed by atoms with Crippen LogP contribution in [0, 0.1) is 11.8 Å². The Morgan fingerprint density at radius 1 is 0.619 bits per heavy atom. The second kappa shape index (κ2) is 14.9. The average molecular weight is 298 g/mol. The van der Waals surface area contributed by atoms with Crippen LogP contribution in [0.5, 0.6) is 0 Å². The van der Waals surface area contributed by atoms with Crippen molar-refractivity contribution >= 4 is 0 Å². The Kier molecular flexibility index (Phi) is 14.9. The molecule has 0 N–H and O–H groups in total. The van der Waals surface area contributed by atoms with E-state index >= 15 is 0 Å². The highest BCUT2D eigenvalue weighted by atomic mass is 15.1. The van der Waals surface area contributed by atoms with Crippen LogP contribution in [-0.2, 0) is 0 Å². The zero-order valence-corrected chi connectivity index (χ0v) is 15.8. The lowest BCUT2D eigenvalue weighted by molar-refractivity contribution is 0.179. The first-order chi connectivity index (χ1) is 10.2. The quantitative estimate of drug-likeness (QED) is 0.332. The minimum Gasteiger partial charge on any atom is -0.303 e. The normalized spacial score (nSPS) is 14.6. The Morgan fingerprint density at radius 3 is 1.38 bits per heavy atom. The first kappa shape index (κ1) is 21.0. The predicted molar refractivity (Wildman–Crippen MR) is 98.0 cm³/mol. The molecule has 0 amide bonds. The molecule has 1 heteroatoms. The van der Waals surface area contributed by atoms with E-state index in [1.807, 2.05) is 0 Å². The summed E-state index contributed by atoms with van der Waals surface area (Å²) in [4.78, 5) is 2.80. The number of hydrogen-bond acceptors (Lipinski definition) is 1. The van der Waals surface area contributed by atoms with Crippen LogP contribution in [0.15, 0.2) is 0 Å². The van der Waals surface area contributed by atoms with Crippen molar-refractivity contribution < 1.29 is 0 Å². The maximum absolute atomic E-state index is 2.80. The third kappa shape index (κ3) is 11.2. The van der Waals surface area contributed by atoms with E-state index in [1.54, 1.807) is 0 Å². The third-order valence-corrected chi connectivity index (χ3v) is 4.95. The Labute approximate surface area is 135 Å². The fourth-order valence-electron chi connectivity index (χ4n) is 3.20. The van der Waals surface area contributed by atoms with Crippen molar-refractivity contribution in [2.24, 2.45) is 11.8 Å². The fourth-order valence-corrected chi connectivity index (χ4v) is 3.20. The number of nitrogens with zero attached hydrogens (tertiary/aromatic N) is 1. The average Bonchev–Trinajstić information content (AvgIpc) is 2.52. The molecule has 0 saturated heterocycles. The Bertz CT molecular complexity index is 184. The summed E-state index contributed by atoms with van der Waals surface area (Å²) in [6.45, 7) is 15.7. The number of unbranched alkanes of at least 4 members (excludes halogenated alkanes) is 3. The zero-order chi connectivity index (χ0) is 15.9. The summed E-state index contributed by atoms with van der Waals surface area (Å²) in [7, 11) is 0. The van der Waals surface area contributed by atoms with Gasteiger partial charge in [-0.25, -0.2) is 0 Å². The van der Waals surface area contributed by atoms with E-state index in [9.17, 15) is 0 Å². The molecule has 0 rings (SSSR count). The highest BCUT2D eigenvalue weighted by Gasteiger charge is 2.16. The van der Waals surface area contributed by atoms with Gasteiger partial charge in [0.05, 0.1) is 0 Å². The van der Waals surface area contributed by atoms with Gasteiger partial charge in [0, 0.05) is 13.1 Å². The molecule has 0 aliphatic rings. The van der Waals surface area contributed by atoms with Gasteiger partial charge in [0.25, 0.3) is 0 Å². The molecule has 0 aliphatic heterocycles. The van der Waals surface area contributed by atoms with E-state index in [-0.39, 0.29) is 0 Å². The molecular formula is C20H43N. The van der Waals surface area contributed by atoms with Crippen LogP contribution < -0.4 is 0 Å². The molecule has 128 valence electrons. The van der Waals surface area contributed by atoms with Crippen molar-refractivity contribution in [1.29, 1.82) is 0 Å². The minimum absolute atomic E-state index is 0.922. The molecule has 0 fully saturated rings. The maximum atomic E-state index is 2.80. The monoisotopic (exact) mass is 297 g/mol. The van der Waals surface area contributed by atoms with Gasteiger partial charge in [0.1, 0.15) is 0 Å². The second-order valence-electron chi connectivity index (χ2n) is 6.95. The first-order valence-electron chi connectivity index (χ1n) is 9.93. The lowest BCUT2D eigenvalue weighted by atomic mass is 9.95. The summed E-state index contributed by atoms with van der Waals surface area (Å²) in [5.41, 5.74) is 0. The number of hydrogen-bond donors (Lipinski definition) is 0. The van der Waals surface area contributed by atoms with E-state index in [0.717, 1.165) is 11.8 Å². The van der Waals surface area contributed by atoms with Crippen molar-refractivity contribution in [1.82, 2.24) is 4.90 Å². The van der Waals surface area contributed by atoms with E-state index in [1.165, 1.54) is 83.8 Å². The standard InChI is InChI=1S/C20H43N/c1-6-11-14-19(9-4)17-21(16-13-8-3)18-20(10-5)15-12-7-2/h19-20H,6-18H2,1-5H3. The van der Waals surface area contributed by atoms with Gasteiger partial charge in [-0.2, -0.15) is 0 Å². The molecule has 21 heavy (non-hydrogen) atoms. The molecule has 0 aromatic rings. The smallest absolute Gasteiger partial charge is 0.000967 e. The summed E-state index contributed by atoms with van der Waals surface area (Å²) < 4.78 is 0. The lowest BCUT2D eigenvalue weighted by Gasteiger charge is -2.30. The van der Waals surface area contributed by atoms with Gasteiger partial charge in [-0.3, -0.25) is 0 Å². The molecule has 0 radical (unpaired) electrons. The molecule has 0 bridgehead atoms. The van der Waals surface area contributed by atoms with Crippen LogP contribution in [0.1, 0.15) is 98.8 Å². The van der Waals surface area contributed by atoms with Crippen LogP contribution in [0.2, 0.25) is 0 Å². The number of rotatable bonds is 15. The Hall–Kier alpha value is -0.0400. The van der Waals surface area contributed by atoms with Crippen LogP contribution in [-0.4, -0.2) is 24.5 Å². The van der Waals surface area contributed by atoms with Crippen molar-refractivity contribution in [2.45, 2.75) is 98.8 Å². The molecule has 0 aliphatic carbocycles. The van der Waals surface area contributed by atoms with Crippen LogP contribution in [0.3, 0.4) is 0 Å². The summed E-state index contributed by atoms with van der Waals surface area (Å²) in [5.74, 6) is 1.84. The van der Waals surface area contributed by atoms with E-state index in [4.69, 9.17) is 0 Å². The molecule has 1 nitrogen and oxygen atoms in total. The summed E-state index contributed by atoms with van der Waals surface area (Å²) in [5, 5.41) is 0. The zero-order valence-electron chi connectivity index (χ0n) is 15.8. The molecule has 0 spiro atoms. The molecule has 0 aromatic heterocycles. The second-order valence-corrected chi connectivity index (χ2v) is 6.95. The van der Waals surface area contributed by atoms with Crippen molar-refractivity contribution in [3.8, 4) is 0 Å². The molecule has 2 atom stereocenters. The van der Waals surface area contributed by atoms with E-state index in [0.29, 0.717) is 0 Å². The Balaban J connectivity index is 4.38. The minimum atomic E-state index is 0.922. The van der Waals surface area contributed by atoms with Crippen molar-refractivity contribution in [2.75, 3.05) is 19.6 Å². The molecule has 0 saturated carbocycles. The van der Waals surface area contributed by atoms with Crippen LogP contribution >= 0.6 is 0 Å². The molecule has 0 aromatic carbocycles.